The van der Waals surface area contributed by atoms with Crippen molar-refractivity contribution in [2.75, 3.05) is 13.1 Å². The summed E-state index contributed by atoms with van der Waals surface area (Å²) in [5.74, 6) is -0.528. The van der Waals surface area contributed by atoms with Gasteiger partial charge in [0.1, 0.15) is 11.5 Å². The maximum atomic E-state index is 13.3. The fraction of sp³-hybridized carbons (Fsp3) is 0.273. The number of halogens is 1. The molecule has 0 aliphatic heterocycles. The summed E-state index contributed by atoms with van der Waals surface area (Å²) >= 11 is 0. The van der Waals surface area contributed by atoms with E-state index in [1.54, 1.807) is 35.2 Å². The van der Waals surface area contributed by atoms with Crippen LogP contribution >= 0.6 is 0 Å². The normalized spacial score (nSPS) is 10.8. The minimum Gasteiger partial charge on any atom is -0.337 e. The van der Waals surface area contributed by atoms with Crippen LogP contribution in [0.1, 0.15) is 37.2 Å². The Hall–Kier alpha value is -3.55. The van der Waals surface area contributed by atoms with Gasteiger partial charge >= 0.3 is 0 Å². The van der Waals surface area contributed by atoms with Crippen molar-refractivity contribution in [3.8, 4) is 16.9 Å². The van der Waals surface area contributed by atoms with Gasteiger partial charge in [0.05, 0.1) is 16.3 Å². The number of rotatable bonds is 8. The number of non-ortho nitro benzene ring substituents is 1. The lowest BCUT2D eigenvalue weighted by Gasteiger charge is -2.21. The Balaban J connectivity index is 2.09. The Bertz CT molecular complexity index is 1020. The lowest BCUT2D eigenvalue weighted by Crippen LogP contribution is -2.33. The second kappa shape index (κ2) is 9.30. The fourth-order valence-corrected chi connectivity index (χ4v) is 3.22. The molecule has 0 aliphatic rings. The Kier molecular flexibility index (Phi) is 6.56. The molecule has 156 valence electrons. The minimum absolute atomic E-state index is 0.0452. The van der Waals surface area contributed by atoms with Gasteiger partial charge in [-0.1, -0.05) is 13.8 Å². The molecule has 0 unspecified atom stereocenters. The maximum absolute atomic E-state index is 13.3. The van der Waals surface area contributed by atoms with Crippen molar-refractivity contribution in [1.29, 1.82) is 0 Å². The van der Waals surface area contributed by atoms with E-state index in [2.05, 4.69) is 5.10 Å². The highest BCUT2D eigenvalue weighted by Gasteiger charge is 2.22. The minimum atomic E-state index is -0.479. The summed E-state index contributed by atoms with van der Waals surface area (Å²) in [6.07, 6.45) is 1.64. The van der Waals surface area contributed by atoms with Gasteiger partial charge in [-0.2, -0.15) is 5.10 Å². The molecule has 3 aromatic rings. The van der Waals surface area contributed by atoms with Crippen molar-refractivity contribution in [3.63, 3.8) is 0 Å². The summed E-state index contributed by atoms with van der Waals surface area (Å²) < 4.78 is 14.8. The molecule has 7 nitrogen and oxygen atoms in total. The molecule has 30 heavy (non-hydrogen) atoms. The molecule has 0 spiro atoms. The van der Waals surface area contributed by atoms with E-state index >= 15 is 0 Å². The predicted molar refractivity (Wildman–Crippen MR) is 112 cm³/mol. The van der Waals surface area contributed by atoms with Crippen LogP contribution in [0.4, 0.5) is 10.1 Å². The second-order valence-electron chi connectivity index (χ2n) is 6.90. The largest absolute Gasteiger partial charge is 0.337 e. The van der Waals surface area contributed by atoms with E-state index in [9.17, 15) is 19.3 Å². The first-order valence-electron chi connectivity index (χ1n) is 9.84. The molecule has 0 radical (unpaired) electrons. The Morgan fingerprint density at radius 3 is 2.20 bits per heavy atom. The van der Waals surface area contributed by atoms with Crippen molar-refractivity contribution in [1.82, 2.24) is 14.7 Å². The van der Waals surface area contributed by atoms with Crippen molar-refractivity contribution < 1.29 is 14.1 Å². The van der Waals surface area contributed by atoms with Gasteiger partial charge in [0.15, 0.2) is 0 Å². The van der Waals surface area contributed by atoms with Crippen LogP contribution in [0.25, 0.3) is 16.9 Å². The molecule has 1 aromatic heterocycles. The number of amides is 1. The van der Waals surface area contributed by atoms with E-state index in [0.717, 1.165) is 12.8 Å². The maximum Gasteiger partial charge on any atom is 0.272 e. The molecule has 1 heterocycles. The summed E-state index contributed by atoms with van der Waals surface area (Å²) in [6, 6.07) is 13.4. The van der Waals surface area contributed by atoms with E-state index in [1.807, 2.05) is 13.8 Å². The molecule has 0 bridgehead atoms. The molecule has 3 rings (SSSR count). The molecule has 0 saturated heterocycles. The molecule has 0 aliphatic carbocycles. The van der Waals surface area contributed by atoms with Crippen LogP contribution in [-0.4, -0.2) is 38.6 Å². The molecule has 2 aromatic carbocycles. The average Bonchev–Trinajstić information content (AvgIpc) is 3.19. The van der Waals surface area contributed by atoms with Gasteiger partial charge in [-0.25, -0.2) is 9.07 Å². The number of nitrogens with zero attached hydrogens (tertiary/aromatic N) is 4. The highest BCUT2D eigenvalue weighted by atomic mass is 19.1. The van der Waals surface area contributed by atoms with Crippen molar-refractivity contribution in [2.24, 2.45) is 0 Å². The first-order valence-corrected chi connectivity index (χ1v) is 9.84. The second-order valence-corrected chi connectivity index (χ2v) is 6.90. The van der Waals surface area contributed by atoms with E-state index in [0.29, 0.717) is 35.7 Å². The zero-order valence-corrected chi connectivity index (χ0v) is 16.9. The number of nitro benzene ring substituents is 1. The molecular formula is C22H23FN4O3. The summed E-state index contributed by atoms with van der Waals surface area (Å²) in [5, 5.41) is 15.5. The molecule has 0 fully saturated rings. The molecular weight excluding hydrogens is 387 g/mol. The quantitative estimate of drug-likeness (QED) is 0.393. The lowest BCUT2D eigenvalue weighted by molar-refractivity contribution is -0.384. The van der Waals surface area contributed by atoms with Crippen LogP contribution < -0.4 is 0 Å². The SMILES string of the molecule is CCCN(CCC)C(=O)c1cc(-c2ccc(F)cc2)nn1-c1ccc([N+](=O)[O-])cc1. The summed E-state index contributed by atoms with van der Waals surface area (Å²) in [7, 11) is 0. The summed E-state index contributed by atoms with van der Waals surface area (Å²) in [5.41, 5.74) is 2.03. The van der Waals surface area contributed by atoms with Crippen LogP contribution in [-0.2, 0) is 0 Å². The van der Waals surface area contributed by atoms with Crippen LogP contribution in [0.3, 0.4) is 0 Å². The van der Waals surface area contributed by atoms with E-state index in [4.69, 9.17) is 0 Å². The van der Waals surface area contributed by atoms with Gasteiger partial charge < -0.3 is 4.90 Å². The number of carbonyl (C=O) groups excluding carboxylic acids is 1. The zero-order chi connectivity index (χ0) is 21.7. The number of carbonyl (C=O) groups is 1. The third-order valence-electron chi connectivity index (χ3n) is 4.65. The monoisotopic (exact) mass is 410 g/mol. The lowest BCUT2D eigenvalue weighted by atomic mass is 10.1. The number of aromatic nitrogens is 2. The zero-order valence-electron chi connectivity index (χ0n) is 16.9. The highest BCUT2D eigenvalue weighted by molar-refractivity contribution is 5.94. The fourth-order valence-electron chi connectivity index (χ4n) is 3.22. The van der Waals surface area contributed by atoms with Crippen molar-refractivity contribution in [3.05, 3.63) is 76.2 Å². The third kappa shape index (κ3) is 4.53. The Morgan fingerprint density at radius 1 is 1.07 bits per heavy atom. The first-order chi connectivity index (χ1) is 14.4. The Labute approximate surface area is 173 Å². The van der Waals surface area contributed by atoms with Gasteiger partial charge in [-0.3, -0.25) is 14.9 Å². The van der Waals surface area contributed by atoms with Gasteiger partial charge in [0.2, 0.25) is 0 Å². The standard InChI is InChI=1S/C22H23FN4O3/c1-3-13-25(14-4-2)22(28)21-15-20(16-5-7-17(23)8-6-16)24-26(21)18-9-11-19(12-10-18)27(29)30/h5-12,15H,3-4,13-14H2,1-2H3. The van der Waals surface area contributed by atoms with Crippen LogP contribution in [0.5, 0.6) is 0 Å². The third-order valence-corrected chi connectivity index (χ3v) is 4.65. The van der Waals surface area contributed by atoms with Gasteiger partial charge in [-0.05, 0) is 55.3 Å². The van der Waals surface area contributed by atoms with Crippen LogP contribution in [0, 0.1) is 15.9 Å². The van der Waals surface area contributed by atoms with Crippen LogP contribution in [0.2, 0.25) is 0 Å². The highest BCUT2D eigenvalue weighted by Crippen LogP contribution is 2.24. The van der Waals surface area contributed by atoms with Gasteiger partial charge in [0, 0.05) is 30.8 Å². The topological polar surface area (TPSA) is 81.3 Å². The molecule has 0 atom stereocenters. The predicted octanol–water partition coefficient (Wildman–Crippen LogP) is 4.85. The molecule has 0 N–H and O–H groups in total. The van der Waals surface area contributed by atoms with Gasteiger partial charge in [0.25, 0.3) is 11.6 Å². The number of hydrogen-bond acceptors (Lipinski definition) is 4. The molecule has 8 heteroatoms. The first kappa shape index (κ1) is 21.2. The smallest absolute Gasteiger partial charge is 0.272 e. The number of benzene rings is 2. The van der Waals surface area contributed by atoms with Crippen molar-refractivity contribution >= 4 is 11.6 Å². The van der Waals surface area contributed by atoms with E-state index in [1.165, 1.54) is 28.9 Å². The summed E-state index contributed by atoms with van der Waals surface area (Å²) in [4.78, 5) is 25.5. The van der Waals surface area contributed by atoms with Crippen molar-refractivity contribution in [2.45, 2.75) is 26.7 Å². The number of hydrogen-bond donors (Lipinski definition) is 0. The molecule has 0 saturated carbocycles. The average molecular weight is 410 g/mol. The Morgan fingerprint density at radius 2 is 1.67 bits per heavy atom. The molecule has 1 amide bonds. The van der Waals surface area contributed by atoms with E-state index < -0.39 is 4.92 Å². The number of nitro groups is 1. The van der Waals surface area contributed by atoms with Crippen LogP contribution in [0.15, 0.2) is 54.6 Å². The summed E-state index contributed by atoms with van der Waals surface area (Å²) in [6.45, 7) is 5.25. The van der Waals surface area contributed by atoms with E-state index in [-0.39, 0.29) is 17.4 Å². The van der Waals surface area contributed by atoms with Gasteiger partial charge in [-0.15, -0.1) is 0 Å².